The van der Waals surface area contributed by atoms with E-state index in [1.165, 1.54) is 5.84 Å². The Balaban J connectivity index is 1.73. The maximum absolute atomic E-state index is 8.25. The summed E-state index contributed by atoms with van der Waals surface area (Å²) in [6.07, 6.45) is 3.29. The molecule has 1 saturated carbocycles. The van der Waals surface area contributed by atoms with E-state index in [1.807, 2.05) is 12.1 Å². The van der Waals surface area contributed by atoms with Crippen molar-refractivity contribution in [2.45, 2.75) is 37.8 Å². The molecule has 1 heterocycles. The summed E-state index contributed by atoms with van der Waals surface area (Å²) in [6, 6.07) is 21.3. The molecule has 2 atom stereocenters. The maximum Gasteiger partial charge on any atom is 0.285 e. The Morgan fingerprint density at radius 2 is 1.62 bits per heavy atom. The van der Waals surface area contributed by atoms with E-state index in [-0.39, 0.29) is 0 Å². The van der Waals surface area contributed by atoms with Crippen LogP contribution in [0.1, 0.15) is 37.3 Å². The van der Waals surface area contributed by atoms with E-state index in [4.69, 9.17) is 6.57 Å². The van der Waals surface area contributed by atoms with Gasteiger partial charge < -0.3 is 4.90 Å². The fraction of sp³-hybridized carbons (Fsp3) is 0.391. The summed E-state index contributed by atoms with van der Waals surface area (Å²) < 4.78 is 0. The van der Waals surface area contributed by atoms with Crippen LogP contribution in [-0.2, 0) is 5.54 Å². The lowest BCUT2D eigenvalue weighted by atomic mass is 9.72. The summed E-state index contributed by atoms with van der Waals surface area (Å²) in [7, 11) is 0. The molecule has 0 radical (unpaired) electrons. The third-order valence-corrected chi connectivity index (χ3v) is 6.14. The number of nitrogens with zero attached hydrogens (tertiary/aromatic N) is 3. The second-order valence-electron chi connectivity index (χ2n) is 7.40. The molecular weight excluding hydrogens is 318 g/mol. The van der Waals surface area contributed by atoms with Crippen LogP contribution in [0.15, 0.2) is 65.7 Å². The Morgan fingerprint density at radius 3 is 2.12 bits per heavy atom. The van der Waals surface area contributed by atoms with E-state index < -0.39 is 5.54 Å². The Bertz CT molecular complexity index is 780. The number of rotatable bonds is 4. The molecule has 2 aromatic rings. The maximum atomic E-state index is 8.25. The second-order valence-corrected chi connectivity index (χ2v) is 7.40. The molecule has 0 aromatic heterocycles. The molecular formula is C23H25N3. The molecule has 0 bridgehead atoms. The van der Waals surface area contributed by atoms with Gasteiger partial charge in [-0.3, -0.25) is 9.84 Å². The molecule has 3 heteroatoms. The topological polar surface area (TPSA) is 20.0 Å². The van der Waals surface area contributed by atoms with Crippen molar-refractivity contribution < 1.29 is 0 Å². The highest BCUT2D eigenvalue weighted by Gasteiger charge is 2.52. The van der Waals surface area contributed by atoms with Gasteiger partial charge in [0.2, 0.25) is 0 Å². The van der Waals surface area contributed by atoms with Crippen LogP contribution in [0, 0.1) is 12.5 Å². The van der Waals surface area contributed by atoms with E-state index >= 15 is 0 Å². The third-order valence-electron chi connectivity index (χ3n) is 6.14. The Kier molecular flexibility index (Phi) is 4.51. The largest absolute Gasteiger partial charge is 0.356 e. The number of hydrogen-bond acceptors (Lipinski definition) is 2. The first kappa shape index (κ1) is 16.8. The Labute approximate surface area is 156 Å². The summed E-state index contributed by atoms with van der Waals surface area (Å²) in [5, 5.41) is 0. The van der Waals surface area contributed by atoms with Crippen molar-refractivity contribution in [2.75, 3.05) is 13.1 Å². The summed E-state index contributed by atoms with van der Waals surface area (Å²) >= 11 is 0. The number of amidine groups is 1. The first-order chi connectivity index (χ1) is 12.8. The normalized spacial score (nSPS) is 22.9. The molecule has 2 aliphatic rings. The molecule has 1 fully saturated rings. The Hall–Kier alpha value is -2.60. The van der Waals surface area contributed by atoms with Crippen LogP contribution in [0.4, 0.5) is 0 Å². The third kappa shape index (κ3) is 2.70. The molecule has 0 saturated heterocycles. The first-order valence-electron chi connectivity index (χ1n) is 9.53. The average molecular weight is 343 g/mol. The van der Waals surface area contributed by atoms with Gasteiger partial charge in [0.05, 0.1) is 12.4 Å². The zero-order chi connectivity index (χ0) is 18.0. The van der Waals surface area contributed by atoms with Gasteiger partial charge in [-0.2, -0.15) is 0 Å². The van der Waals surface area contributed by atoms with Crippen molar-refractivity contribution >= 4 is 5.84 Å². The summed E-state index contributed by atoms with van der Waals surface area (Å²) in [5.41, 5.74) is 1.65. The molecule has 26 heavy (non-hydrogen) atoms. The highest BCUT2D eigenvalue weighted by atomic mass is 15.3. The molecule has 0 amide bonds. The summed E-state index contributed by atoms with van der Waals surface area (Å²) in [5.74, 6) is 1.49. The lowest BCUT2D eigenvalue weighted by Crippen LogP contribution is -2.37. The minimum atomic E-state index is -0.595. The minimum absolute atomic E-state index is 0.322. The molecule has 0 N–H and O–H groups in total. The molecule has 1 aliphatic heterocycles. The number of hydrogen-bond donors (Lipinski definition) is 0. The average Bonchev–Trinajstić information content (AvgIpc) is 3.34. The van der Waals surface area contributed by atoms with Gasteiger partial charge in [0.25, 0.3) is 5.54 Å². The van der Waals surface area contributed by atoms with Crippen LogP contribution in [0.3, 0.4) is 0 Å². The lowest BCUT2D eigenvalue weighted by molar-refractivity contribution is 0.309. The van der Waals surface area contributed by atoms with E-state index in [0.717, 1.165) is 43.5 Å². The van der Waals surface area contributed by atoms with Gasteiger partial charge in [-0.1, -0.05) is 60.7 Å². The van der Waals surface area contributed by atoms with Crippen molar-refractivity contribution in [2.24, 2.45) is 10.9 Å². The predicted octanol–water partition coefficient (Wildman–Crippen LogP) is 4.75. The van der Waals surface area contributed by atoms with Gasteiger partial charge >= 0.3 is 0 Å². The van der Waals surface area contributed by atoms with Crippen LogP contribution in [0.25, 0.3) is 4.85 Å². The SMILES string of the molecule is [C-]#[N+]C(c1ccccc1)(c1ccccc1)C1CC[C@H](N2CCN=C2C)C1. The Morgan fingerprint density at radius 1 is 1.00 bits per heavy atom. The highest BCUT2D eigenvalue weighted by Crippen LogP contribution is 2.49. The number of benzene rings is 2. The van der Waals surface area contributed by atoms with Crippen molar-refractivity contribution in [3.63, 3.8) is 0 Å². The highest BCUT2D eigenvalue weighted by molar-refractivity contribution is 5.81. The van der Waals surface area contributed by atoms with E-state index in [2.05, 4.69) is 70.2 Å². The molecule has 2 aromatic carbocycles. The van der Waals surface area contributed by atoms with Crippen molar-refractivity contribution in [3.05, 3.63) is 83.2 Å². The molecule has 132 valence electrons. The summed E-state index contributed by atoms with van der Waals surface area (Å²) in [4.78, 5) is 11.4. The van der Waals surface area contributed by atoms with Crippen LogP contribution < -0.4 is 0 Å². The van der Waals surface area contributed by atoms with Crippen LogP contribution in [-0.4, -0.2) is 29.9 Å². The van der Waals surface area contributed by atoms with Gasteiger partial charge in [-0.25, -0.2) is 6.57 Å². The van der Waals surface area contributed by atoms with Crippen LogP contribution in [0.2, 0.25) is 0 Å². The molecule has 1 aliphatic carbocycles. The predicted molar refractivity (Wildman–Crippen MR) is 106 cm³/mol. The second kappa shape index (κ2) is 6.96. The van der Waals surface area contributed by atoms with Gasteiger partial charge in [0.1, 0.15) is 0 Å². The minimum Gasteiger partial charge on any atom is -0.356 e. The summed E-state index contributed by atoms with van der Waals surface area (Å²) in [6.45, 7) is 12.3. The first-order valence-corrected chi connectivity index (χ1v) is 9.53. The molecule has 3 nitrogen and oxygen atoms in total. The standard InChI is InChI=1S/C23H25N3/c1-18-25-15-16-26(18)22-14-13-21(17-22)23(24-2,19-9-5-3-6-10-19)20-11-7-4-8-12-20/h3-12,21-22H,13-17H2,1H3/t21?,22-/m0/s1. The molecule has 0 spiro atoms. The zero-order valence-corrected chi connectivity index (χ0v) is 15.3. The lowest BCUT2D eigenvalue weighted by Gasteiger charge is -2.31. The van der Waals surface area contributed by atoms with Crippen molar-refractivity contribution in [1.82, 2.24) is 4.90 Å². The van der Waals surface area contributed by atoms with Crippen molar-refractivity contribution in [1.29, 1.82) is 0 Å². The van der Waals surface area contributed by atoms with Gasteiger partial charge in [-0.05, 0) is 26.2 Å². The fourth-order valence-electron chi connectivity index (χ4n) is 4.88. The van der Waals surface area contributed by atoms with Crippen LogP contribution in [0.5, 0.6) is 0 Å². The van der Waals surface area contributed by atoms with Crippen LogP contribution >= 0.6 is 0 Å². The van der Waals surface area contributed by atoms with E-state index in [9.17, 15) is 0 Å². The molecule has 1 unspecified atom stereocenters. The van der Waals surface area contributed by atoms with E-state index in [0.29, 0.717) is 12.0 Å². The monoisotopic (exact) mass is 343 g/mol. The van der Waals surface area contributed by atoms with Gasteiger partial charge in [0.15, 0.2) is 0 Å². The quantitative estimate of drug-likeness (QED) is 0.733. The van der Waals surface area contributed by atoms with Gasteiger partial charge in [0, 0.05) is 29.6 Å². The van der Waals surface area contributed by atoms with Crippen molar-refractivity contribution in [3.8, 4) is 0 Å². The fourth-order valence-corrected chi connectivity index (χ4v) is 4.88. The smallest absolute Gasteiger partial charge is 0.285 e. The zero-order valence-electron chi connectivity index (χ0n) is 15.3. The molecule has 4 rings (SSSR count). The van der Waals surface area contributed by atoms with E-state index in [1.54, 1.807) is 0 Å². The van der Waals surface area contributed by atoms with Gasteiger partial charge in [-0.15, -0.1) is 0 Å². The number of aliphatic imine (C=N–C) groups is 1.